The molecule has 0 saturated carbocycles. The molecule has 0 radical (unpaired) electrons. The SMILES string of the molecule is Cc1c(C(=O)N(C=O)C(C=O)CCC=O)cccc1N1CC(C=O)C1. The van der Waals surface area contributed by atoms with Crippen LogP contribution in [0.5, 0.6) is 0 Å². The Bertz CT molecular complexity index is 682. The normalized spacial score (nSPS) is 15.0. The number of aldehydes is 3. The molecule has 1 aromatic rings. The first-order chi connectivity index (χ1) is 12.1. The fourth-order valence-electron chi connectivity index (χ4n) is 2.92. The van der Waals surface area contributed by atoms with Gasteiger partial charge in [-0.25, -0.2) is 0 Å². The van der Waals surface area contributed by atoms with E-state index in [0.29, 0.717) is 43.2 Å². The van der Waals surface area contributed by atoms with E-state index in [4.69, 9.17) is 0 Å². The molecule has 1 unspecified atom stereocenters. The molecule has 0 aromatic heterocycles. The van der Waals surface area contributed by atoms with Crippen molar-refractivity contribution < 1.29 is 24.0 Å². The molecule has 2 amide bonds. The number of benzene rings is 1. The zero-order valence-electron chi connectivity index (χ0n) is 14.0. The van der Waals surface area contributed by atoms with Gasteiger partial charge in [0.15, 0.2) is 0 Å². The smallest absolute Gasteiger partial charge is 0.261 e. The highest BCUT2D eigenvalue weighted by atomic mass is 16.2. The Morgan fingerprint density at radius 2 is 2.00 bits per heavy atom. The maximum atomic E-state index is 12.7. The molecule has 132 valence electrons. The minimum atomic E-state index is -0.971. The van der Waals surface area contributed by atoms with Gasteiger partial charge in [-0.05, 0) is 31.0 Å². The van der Waals surface area contributed by atoms with Crippen LogP contribution in [0, 0.1) is 12.8 Å². The van der Waals surface area contributed by atoms with Crippen molar-refractivity contribution in [1.29, 1.82) is 0 Å². The fraction of sp³-hybridized carbons (Fsp3) is 0.389. The Kier molecular flexibility index (Phi) is 6.16. The second-order valence-electron chi connectivity index (χ2n) is 6.02. The van der Waals surface area contributed by atoms with Gasteiger partial charge in [-0.1, -0.05) is 6.07 Å². The van der Waals surface area contributed by atoms with Gasteiger partial charge < -0.3 is 19.3 Å². The largest absolute Gasteiger partial charge is 0.370 e. The minimum absolute atomic E-state index is 0.00647. The van der Waals surface area contributed by atoms with Gasteiger partial charge in [0.25, 0.3) is 5.91 Å². The predicted octanol–water partition coefficient (Wildman–Crippen LogP) is 0.775. The van der Waals surface area contributed by atoms with E-state index in [0.717, 1.165) is 16.9 Å². The lowest BCUT2D eigenvalue weighted by molar-refractivity contribution is -0.123. The van der Waals surface area contributed by atoms with E-state index in [9.17, 15) is 24.0 Å². The van der Waals surface area contributed by atoms with Gasteiger partial charge in [-0.15, -0.1) is 0 Å². The maximum Gasteiger partial charge on any atom is 0.261 e. The van der Waals surface area contributed by atoms with Crippen LogP contribution >= 0.6 is 0 Å². The minimum Gasteiger partial charge on any atom is -0.370 e. The Morgan fingerprint density at radius 3 is 2.56 bits per heavy atom. The van der Waals surface area contributed by atoms with Crippen LogP contribution in [0.1, 0.15) is 28.8 Å². The molecule has 7 nitrogen and oxygen atoms in total. The summed E-state index contributed by atoms with van der Waals surface area (Å²) >= 11 is 0. The Hall–Kier alpha value is -2.83. The molecule has 2 rings (SSSR count). The highest BCUT2D eigenvalue weighted by molar-refractivity contribution is 6.03. The predicted molar refractivity (Wildman–Crippen MR) is 90.3 cm³/mol. The van der Waals surface area contributed by atoms with Gasteiger partial charge in [-0.2, -0.15) is 0 Å². The molecule has 1 aliphatic heterocycles. The number of imide groups is 1. The summed E-state index contributed by atoms with van der Waals surface area (Å²) in [4.78, 5) is 59.4. The summed E-state index contributed by atoms with van der Waals surface area (Å²) in [6.45, 7) is 2.95. The van der Waals surface area contributed by atoms with E-state index in [-0.39, 0.29) is 18.8 Å². The lowest BCUT2D eigenvalue weighted by atomic mass is 9.97. The van der Waals surface area contributed by atoms with Gasteiger partial charge in [0.1, 0.15) is 18.9 Å². The molecule has 0 spiro atoms. The number of rotatable bonds is 9. The van der Waals surface area contributed by atoms with Crippen LogP contribution in [-0.4, -0.2) is 55.2 Å². The van der Waals surface area contributed by atoms with Crippen molar-refractivity contribution in [3.8, 4) is 0 Å². The van der Waals surface area contributed by atoms with Crippen molar-refractivity contribution in [1.82, 2.24) is 4.90 Å². The van der Waals surface area contributed by atoms with Crippen molar-refractivity contribution in [3.05, 3.63) is 29.3 Å². The van der Waals surface area contributed by atoms with Crippen LogP contribution in [0.4, 0.5) is 5.69 Å². The van der Waals surface area contributed by atoms with E-state index in [1.165, 1.54) is 0 Å². The second kappa shape index (κ2) is 8.32. The second-order valence-corrected chi connectivity index (χ2v) is 6.02. The molecular weight excluding hydrogens is 324 g/mol. The zero-order chi connectivity index (χ0) is 18.4. The third-order valence-corrected chi connectivity index (χ3v) is 4.42. The Balaban J connectivity index is 2.25. The molecule has 1 aromatic carbocycles. The molecule has 7 heteroatoms. The highest BCUT2D eigenvalue weighted by Gasteiger charge is 2.30. The Morgan fingerprint density at radius 1 is 1.28 bits per heavy atom. The lowest BCUT2D eigenvalue weighted by Crippen LogP contribution is -2.48. The number of hydrogen-bond acceptors (Lipinski definition) is 6. The highest BCUT2D eigenvalue weighted by Crippen LogP contribution is 2.29. The number of amides is 2. The number of anilines is 1. The summed E-state index contributed by atoms with van der Waals surface area (Å²) in [5.41, 5.74) is 1.83. The van der Waals surface area contributed by atoms with Crippen molar-refractivity contribution in [2.75, 3.05) is 18.0 Å². The first-order valence-corrected chi connectivity index (χ1v) is 8.04. The van der Waals surface area contributed by atoms with E-state index in [1.54, 1.807) is 19.1 Å². The average molecular weight is 344 g/mol. The summed E-state index contributed by atoms with van der Waals surface area (Å²) in [7, 11) is 0. The van der Waals surface area contributed by atoms with Gasteiger partial charge in [0, 0.05) is 36.7 Å². The third-order valence-electron chi connectivity index (χ3n) is 4.42. The molecule has 0 aliphatic carbocycles. The molecule has 1 fully saturated rings. The Labute approximate surface area is 145 Å². The number of hydrogen-bond donors (Lipinski definition) is 0. The van der Waals surface area contributed by atoms with Crippen molar-refractivity contribution in [3.63, 3.8) is 0 Å². The van der Waals surface area contributed by atoms with Gasteiger partial charge in [0.05, 0.1) is 6.04 Å². The van der Waals surface area contributed by atoms with Crippen LogP contribution in [-0.2, 0) is 19.2 Å². The summed E-state index contributed by atoms with van der Waals surface area (Å²) in [6.07, 6.45) is 2.56. The molecule has 0 N–H and O–H groups in total. The topological polar surface area (TPSA) is 91.8 Å². The number of carbonyl (C=O) groups excluding carboxylic acids is 5. The van der Waals surface area contributed by atoms with Gasteiger partial charge in [0.2, 0.25) is 6.41 Å². The van der Waals surface area contributed by atoms with Gasteiger partial charge >= 0.3 is 0 Å². The van der Waals surface area contributed by atoms with Crippen LogP contribution in [0.3, 0.4) is 0 Å². The number of carbonyl (C=O) groups is 5. The van der Waals surface area contributed by atoms with Gasteiger partial charge in [-0.3, -0.25) is 14.5 Å². The fourth-order valence-corrected chi connectivity index (χ4v) is 2.92. The first kappa shape index (κ1) is 18.5. The molecule has 1 aliphatic rings. The van der Waals surface area contributed by atoms with Crippen LogP contribution in [0.25, 0.3) is 0 Å². The van der Waals surface area contributed by atoms with E-state index in [1.807, 2.05) is 11.0 Å². The van der Waals surface area contributed by atoms with E-state index in [2.05, 4.69) is 0 Å². The first-order valence-electron chi connectivity index (χ1n) is 8.04. The van der Waals surface area contributed by atoms with Crippen LogP contribution < -0.4 is 4.90 Å². The molecule has 1 atom stereocenters. The maximum absolute atomic E-state index is 12.7. The molecule has 25 heavy (non-hydrogen) atoms. The summed E-state index contributed by atoms with van der Waals surface area (Å²) in [6, 6.07) is 4.17. The molecule has 1 saturated heterocycles. The summed E-state index contributed by atoms with van der Waals surface area (Å²) in [5.74, 6) is -0.585. The third kappa shape index (κ3) is 3.81. The lowest BCUT2D eigenvalue weighted by Gasteiger charge is -2.39. The van der Waals surface area contributed by atoms with Crippen molar-refractivity contribution in [2.24, 2.45) is 5.92 Å². The average Bonchev–Trinajstić information content (AvgIpc) is 2.58. The van der Waals surface area contributed by atoms with Crippen molar-refractivity contribution >= 4 is 36.9 Å². The van der Waals surface area contributed by atoms with Crippen LogP contribution in [0.15, 0.2) is 18.2 Å². The molecular formula is C18H20N2O5. The zero-order valence-corrected chi connectivity index (χ0v) is 14.0. The summed E-state index contributed by atoms with van der Waals surface area (Å²) in [5, 5.41) is 0. The quantitative estimate of drug-likeness (QED) is 0.615. The van der Waals surface area contributed by atoms with E-state index < -0.39 is 11.9 Å². The summed E-state index contributed by atoms with van der Waals surface area (Å²) < 4.78 is 0. The monoisotopic (exact) mass is 344 g/mol. The molecule has 0 bridgehead atoms. The van der Waals surface area contributed by atoms with E-state index >= 15 is 0 Å². The standard InChI is InChI=1S/C18H20N2O5/c1-13-16(5-2-6-17(13)19-8-14(9-19)10-22)18(25)20(12-24)15(11-23)4-3-7-21/h2,5-7,10-12,14-15H,3-4,8-9H2,1H3. The number of nitrogens with zero attached hydrogens (tertiary/aromatic N) is 2. The van der Waals surface area contributed by atoms with Crippen LogP contribution in [0.2, 0.25) is 0 Å². The van der Waals surface area contributed by atoms with Crippen molar-refractivity contribution in [2.45, 2.75) is 25.8 Å². The molecule has 1 heterocycles.